The van der Waals surface area contributed by atoms with Gasteiger partial charge in [0.1, 0.15) is 5.54 Å². The molecule has 4 fully saturated rings. The summed E-state index contributed by atoms with van der Waals surface area (Å²) in [6.07, 6.45) is 2.30. The molecule has 0 bridgehead atoms. The molecule has 0 radical (unpaired) electrons. The molecule has 1 aromatic carbocycles. The normalized spacial score (nSPS) is 28.5. The van der Waals surface area contributed by atoms with Crippen molar-refractivity contribution in [3.8, 4) is 0 Å². The Kier molecular flexibility index (Phi) is 4.68. The highest BCUT2D eigenvalue weighted by molar-refractivity contribution is 6.06. The van der Waals surface area contributed by atoms with E-state index in [1.807, 2.05) is 4.90 Å². The largest absolute Gasteiger partial charge is 0.465 e. The Labute approximate surface area is 175 Å². The van der Waals surface area contributed by atoms with Crippen molar-refractivity contribution in [2.75, 3.05) is 33.3 Å². The van der Waals surface area contributed by atoms with Crippen molar-refractivity contribution in [3.05, 3.63) is 35.4 Å². The van der Waals surface area contributed by atoms with Crippen molar-refractivity contribution in [2.45, 2.75) is 43.5 Å². The number of aliphatic hydroxyl groups is 1. The molecule has 3 aliphatic heterocycles. The van der Waals surface area contributed by atoms with Crippen LogP contribution in [0.3, 0.4) is 0 Å². The minimum Gasteiger partial charge on any atom is -0.465 e. The van der Waals surface area contributed by atoms with E-state index in [4.69, 9.17) is 4.74 Å². The zero-order valence-corrected chi connectivity index (χ0v) is 17.1. The molecule has 1 spiro atoms. The lowest BCUT2D eigenvalue weighted by Crippen LogP contribution is -2.81. The second-order valence-corrected chi connectivity index (χ2v) is 9.12. The van der Waals surface area contributed by atoms with Gasteiger partial charge in [0.05, 0.1) is 31.4 Å². The van der Waals surface area contributed by atoms with Gasteiger partial charge >= 0.3 is 5.97 Å². The number of piperazine rings is 1. The number of hydrogen-bond donors (Lipinski definition) is 1. The fraction of sp³-hybridized carbons (Fsp3) is 0.591. The molecule has 2 atom stereocenters. The molecule has 5 rings (SSSR count). The van der Waals surface area contributed by atoms with Crippen LogP contribution in [0, 0.1) is 5.92 Å². The highest BCUT2D eigenvalue weighted by Gasteiger charge is 2.64. The lowest BCUT2D eigenvalue weighted by Gasteiger charge is -2.58. The molecule has 1 N–H and O–H groups in total. The Hall–Kier alpha value is -2.29. The summed E-state index contributed by atoms with van der Waals surface area (Å²) in [6.45, 7) is 2.80. The number of carbonyl (C=O) groups excluding carboxylic acids is 3. The summed E-state index contributed by atoms with van der Waals surface area (Å²) in [5, 5.41) is 10.2. The van der Waals surface area contributed by atoms with Gasteiger partial charge in [-0.25, -0.2) is 4.79 Å². The van der Waals surface area contributed by atoms with E-state index < -0.39 is 23.7 Å². The van der Waals surface area contributed by atoms with Crippen LogP contribution in [0.25, 0.3) is 0 Å². The number of methoxy groups -OCH3 is 1. The Morgan fingerprint density at radius 1 is 1.20 bits per heavy atom. The number of hydrogen-bond acceptors (Lipinski definition) is 7. The standard InChI is InChI=1S/C22H27N3O5/c1-30-20(28)16-6-4-15(5-7-16)10-24-19(27)18-8-17(26)11-25(18)22(21(24)29)12-23(13-22)9-14-2-3-14/h4-7,14,17-18,26H,2-3,8-13H2,1H3. The maximum absolute atomic E-state index is 13.5. The third-order valence-electron chi connectivity index (χ3n) is 6.92. The molecular formula is C22H27N3O5. The Bertz CT molecular complexity index is 875. The molecule has 4 aliphatic rings. The van der Waals surface area contributed by atoms with Gasteiger partial charge in [-0.15, -0.1) is 0 Å². The predicted molar refractivity (Wildman–Crippen MR) is 106 cm³/mol. The first-order valence-electron chi connectivity index (χ1n) is 10.6. The number of aliphatic hydroxyl groups excluding tert-OH is 1. The molecule has 1 aliphatic carbocycles. The molecule has 8 nitrogen and oxygen atoms in total. The Balaban J connectivity index is 1.37. The first kappa shape index (κ1) is 19.7. The van der Waals surface area contributed by atoms with E-state index in [9.17, 15) is 19.5 Å². The maximum Gasteiger partial charge on any atom is 0.337 e. The van der Waals surface area contributed by atoms with Crippen LogP contribution in [0.1, 0.15) is 35.2 Å². The summed E-state index contributed by atoms with van der Waals surface area (Å²) in [4.78, 5) is 44.0. The summed E-state index contributed by atoms with van der Waals surface area (Å²) in [6, 6.07) is 6.32. The number of likely N-dealkylation sites (tertiary alicyclic amines) is 1. The van der Waals surface area contributed by atoms with Crippen molar-refractivity contribution in [1.82, 2.24) is 14.7 Å². The first-order chi connectivity index (χ1) is 14.4. The smallest absolute Gasteiger partial charge is 0.337 e. The van der Waals surface area contributed by atoms with Crippen LogP contribution in [0.15, 0.2) is 24.3 Å². The minimum absolute atomic E-state index is 0.165. The second kappa shape index (κ2) is 7.14. The summed E-state index contributed by atoms with van der Waals surface area (Å²) in [5.41, 5.74) is 0.492. The highest BCUT2D eigenvalue weighted by Crippen LogP contribution is 2.42. The van der Waals surface area contributed by atoms with E-state index in [2.05, 4.69) is 4.90 Å². The molecule has 8 heteroatoms. The number of nitrogens with zero attached hydrogens (tertiary/aromatic N) is 3. The summed E-state index contributed by atoms with van der Waals surface area (Å²) in [5.74, 6) is -0.0830. The number of imide groups is 1. The lowest BCUT2D eigenvalue weighted by molar-refractivity contribution is -0.180. The summed E-state index contributed by atoms with van der Waals surface area (Å²) < 4.78 is 4.72. The molecular weight excluding hydrogens is 386 g/mol. The molecule has 160 valence electrons. The molecule has 30 heavy (non-hydrogen) atoms. The van der Waals surface area contributed by atoms with Crippen molar-refractivity contribution in [1.29, 1.82) is 0 Å². The third kappa shape index (κ3) is 3.14. The number of carbonyl (C=O) groups is 3. The predicted octanol–water partition coefficient (Wildman–Crippen LogP) is 0.242. The Morgan fingerprint density at radius 3 is 2.53 bits per heavy atom. The van der Waals surface area contributed by atoms with E-state index >= 15 is 0 Å². The van der Waals surface area contributed by atoms with Crippen LogP contribution in [0.4, 0.5) is 0 Å². The number of ether oxygens (including phenoxy) is 1. The zero-order chi connectivity index (χ0) is 21.0. The molecule has 1 saturated carbocycles. The average Bonchev–Trinajstić information content (AvgIpc) is 3.45. The number of esters is 1. The van der Waals surface area contributed by atoms with E-state index in [0.29, 0.717) is 31.6 Å². The number of fused-ring (bicyclic) bond motifs is 2. The zero-order valence-electron chi connectivity index (χ0n) is 17.1. The quantitative estimate of drug-likeness (QED) is 0.546. The van der Waals surface area contributed by atoms with E-state index in [1.165, 1.54) is 24.9 Å². The highest BCUT2D eigenvalue weighted by atomic mass is 16.5. The van der Waals surface area contributed by atoms with Gasteiger partial charge < -0.3 is 9.84 Å². The van der Waals surface area contributed by atoms with E-state index in [1.54, 1.807) is 24.3 Å². The average molecular weight is 413 g/mol. The van der Waals surface area contributed by atoms with Crippen LogP contribution >= 0.6 is 0 Å². The number of amides is 2. The number of benzene rings is 1. The molecule has 2 unspecified atom stereocenters. The minimum atomic E-state index is -0.711. The summed E-state index contributed by atoms with van der Waals surface area (Å²) in [7, 11) is 1.33. The van der Waals surface area contributed by atoms with Crippen LogP contribution in [-0.4, -0.2) is 88.6 Å². The maximum atomic E-state index is 13.5. The number of β-amino-alcohol motifs (C(OH)–C–C–N with tert-alkyl or cyclic N) is 1. The first-order valence-corrected chi connectivity index (χ1v) is 10.6. The third-order valence-corrected chi connectivity index (χ3v) is 6.92. The van der Waals surface area contributed by atoms with Gasteiger partial charge in [0.15, 0.2) is 0 Å². The SMILES string of the molecule is COC(=O)c1ccc(CN2C(=O)C3CC(O)CN3C3(CN(CC4CC4)C3)C2=O)cc1. The van der Waals surface area contributed by atoms with Crippen molar-refractivity contribution >= 4 is 17.8 Å². The fourth-order valence-electron chi connectivity index (χ4n) is 5.18. The van der Waals surface area contributed by atoms with Crippen LogP contribution in [0.2, 0.25) is 0 Å². The fourth-order valence-corrected chi connectivity index (χ4v) is 5.18. The van der Waals surface area contributed by atoms with Gasteiger partial charge in [0.2, 0.25) is 5.91 Å². The lowest BCUT2D eigenvalue weighted by atomic mass is 9.82. The topological polar surface area (TPSA) is 90.4 Å². The molecule has 1 aromatic rings. The van der Waals surface area contributed by atoms with Crippen molar-refractivity contribution < 1.29 is 24.2 Å². The molecule has 0 aromatic heterocycles. The van der Waals surface area contributed by atoms with Gasteiger partial charge in [-0.2, -0.15) is 0 Å². The second-order valence-electron chi connectivity index (χ2n) is 9.12. The van der Waals surface area contributed by atoms with Gasteiger partial charge in [-0.1, -0.05) is 12.1 Å². The van der Waals surface area contributed by atoms with Gasteiger partial charge in [-0.3, -0.25) is 24.3 Å². The van der Waals surface area contributed by atoms with Crippen molar-refractivity contribution in [2.24, 2.45) is 5.92 Å². The van der Waals surface area contributed by atoms with Gasteiger partial charge in [0.25, 0.3) is 5.91 Å². The molecule has 3 saturated heterocycles. The number of rotatable bonds is 5. The molecule has 2 amide bonds. The van der Waals surface area contributed by atoms with Crippen LogP contribution in [0.5, 0.6) is 0 Å². The van der Waals surface area contributed by atoms with E-state index in [-0.39, 0.29) is 18.4 Å². The summed E-state index contributed by atoms with van der Waals surface area (Å²) >= 11 is 0. The van der Waals surface area contributed by atoms with Crippen LogP contribution < -0.4 is 0 Å². The molecule has 3 heterocycles. The van der Waals surface area contributed by atoms with Crippen molar-refractivity contribution in [3.63, 3.8) is 0 Å². The van der Waals surface area contributed by atoms with Gasteiger partial charge in [0, 0.05) is 26.2 Å². The van der Waals surface area contributed by atoms with Gasteiger partial charge in [-0.05, 0) is 42.9 Å². The monoisotopic (exact) mass is 413 g/mol. The van der Waals surface area contributed by atoms with E-state index in [0.717, 1.165) is 18.0 Å². The Morgan fingerprint density at radius 2 is 1.90 bits per heavy atom. The van der Waals surface area contributed by atoms with Crippen LogP contribution in [-0.2, 0) is 20.9 Å².